The zero-order valence-corrected chi connectivity index (χ0v) is 12.2. The Morgan fingerprint density at radius 3 is 2.76 bits per heavy atom. The highest BCUT2D eigenvalue weighted by Gasteiger charge is 2.25. The summed E-state index contributed by atoms with van der Waals surface area (Å²) in [6, 6.07) is 0.333. The monoisotopic (exact) mass is 309 g/mol. The lowest BCUT2D eigenvalue weighted by molar-refractivity contribution is 0.296. The van der Waals surface area contributed by atoms with Gasteiger partial charge in [-0.15, -0.1) is 0 Å². The molecule has 0 unspecified atom stereocenters. The third-order valence-electron chi connectivity index (χ3n) is 3.57. The Morgan fingerprint density at radius 1 is 1.29 bits per heavy atom. The lowest BCUT2D eigenvalue weighted by Crippen LogP contribution is -2.37. The van der Waals surface area contributed by atoms with Crippen LogP contribution < -0.4 is 4.90 Å². The van der Waals surface area contributed by atoms with Crippen molar-refractivity contribution in [2.75, 3.05) is 18.1 Å². The first-order chi connectivity index (χ1) is 10.3. The molecular weight excluding hydrogens is 294 g/mol. The number of rotatable bonds is 5. The summed E-state index contributed by atoms with van der Waals surface area (Å²) in [7, 11) is 0. The summed E-state index contributed by atoms with van der Waals surface area (Å²) >= 11 is 6.00. The first-order valence-electron chi connectivity index (χ1n) is 6.92. The molecule has 8 nitrogen and oxygen atoms in total. The van der Waals surface area contributed by atoms with Gasteiger partial charge in [-0.1, -0.05) is 12.8 Å². The van der Waals surface area contributed by atoms with E-state index in [9.17, 15) is 5.11 Å². The van der Waals surface area contributed by atoms with E-state index in [0.29, 0.717) is 24.5 Å². The van der Waals surface area contributed by atoms with Crippen molar-refractivity contribution in [3.05, 3.63) is 17.9 Å². The second-order valence-electron chi connectivity index (χ2n) is 4.90. The third kappa shape index (κ3) is 3.11. The number of hydrogen-bond acceptors (Lipinski definition) is 7. The molecule has 1 fully saturated rings. The summed E-state index contributed by atoms with van der Waals surface area (Å²) in [4.78, 5) is 18.5. The normalized spacial score (nSPS) is 15.5. The van der Waals surface area contributed by atoms with Gasteiger partial charge in [-0.2, -0.15) is 24.7 Å². The van der Waals surface area contributed by atoms with Gasteiger partial charge in [0.1, 0.15) is 12.7 Å². The molecule has 0 aromatic carbocycles. The summed E-state index contributed by atoms with van der Waals surface area (Å²) in [5.41, 5.74) is 0. The Bertz CT molecular complexity index is 585. The Hall–Kier alpha value is -1.80. The second-order valence-corrected chi connectivity index (χ2v) is 5.24. The summed E-state index contributed by atoms with van der Waals surface area (Å²) in [5.74, 6) is 0.796. The molecule has 1 aliphatic rings. The highest BCUT2D eigenvalue weighted by Crippen LogP contribution is 2.26. The molecule has 112 valence electrons. The topological polar surface area (TPSA) is 92.8 Å². The first-order valence-corrected chi connectivity index (χ1v) is 7.30. The van der Waals surface area contributed by atoms with Gasteiger partial charge in [0, 0.05) is 12.6 Å². The molecule has 1 N–H and O–H groups in total. The lowest BCUT2D eigenvalue weighted by atomic mass is 10.2. The number of hydrogen-bond donors (Lipinski definition) is 1. The van der Waals surface area contributed by atoms with E-state index in [1.165, 1.54) is 30.2 Å². The number of aromatic nitrogens is 6. The quantitative estimate of drug-likeness (QED) is 0.875. The molecule has 1 saturated carbocycles. The van der Waals surface area contributed by atoms with Crippen LogP contribution >= 0.6 is 11.6 Å². The number of aliphatic hydroxyl groups is 1. The van der Waals surface area contributed by atoms with Gasteiger partial charge in [0.05, 0.1) is 6.61 Å². The number of nitrogens with zero attached hydrogens (tertiary/aromatic N) is 7. The first kappa shape index (κ1) is 14.2. The Kier molecular flexibility index (Phi) is 4.26. The summed E-state index contributed by atoms with van der Waals surface area (Å²) in [6.07, 6.45) is 7.41. The molecule has 2 heterocycles. The molecule has 0 atom stereocenters. The van der Waals surface area contributed by atoms with E-state index >= 15 is 0 Å². The Labute approximate surface area is 126 Å². The van der Waals surface area contributed by atoms with E-state index in [2.05, 4.69) is 25.0 Å². The third-order valence-corrected chi connectivity index (χ3v) is 3.74. The summed E-state index contributed by atoms with van der Waals surface area (Å²) in [5, 5.41) is 13.4. The predicted octanol–water partition coefficient (Wildman–Crippen LogP) is 0.847. The molecule has 0 saturated heterocycles. The van der Waals surface area contributed by atoms with Crippen molar-refractivity contribution >= 4 is 17.5 Å². The number of halogens is 1. The highest BCUT2D eigenvalue weighted by atomic mass is 35.5. The van der Waals surface area contributed by atoms with Crippen LogP contribution in [0, 0.1) is 0 Å². The molecule has 0 spiro atoms. The van der Waals surface area contributed by atoms with Crippen molar-refractivity contribution < 1.29 is 5.11 Å². The fourth-order valence-electron chi connectivity index (χ4n) is 2.64. The van der Waals surface area contributed by atoms with Crippen LogP contribution in [0.4, 0.5) is 5.95 Å². The van der Waals surface area contributed by atoms with Gasteiger partial charge in [0.2, 0.25) is 11.2 Å². The van der Waals surface area contributed by atoms with E-state index < -0.39 is 0 Å². The lowest BCUT2D eigenvalue weighted by Gasteiger charge is -2.28. The van der Waals surface area contributed by atoms with Crippen molar-refractivity contribution in [1.82, 2.24) is 29.7 Å². The van der Waals surface area contributed by atoms with Crippen LogP contribution in [0.5, 0.6) is 0 Å². The molecule has 0 radical (unpaired) electrons. The standard InChI is InChI=1S/C12H16ClN7O/c13-10-16-11(18-12(17-10)20-8-14-7-15-20)19(5-6-21)9-3-1-2-4-9/h7-9,21H,1-6H2. The van der Waals surface area contributed by atoms with Gasteiger partial charge in [0.15, 0.2) is 0 Å². The molecule has 0 aliphatic heterocycles. The van der Waals surface area contributed by atoms with Gasteiger partial charge in [-0.3, -0.25) is 0 Å². The fraction of sp³-hybridized carbons (Fsp3) is 0.583. The van der Waals surface area contributed by atoms with Gasteiger partial charge in [-0.05, 0) is 24.4 Å². The molecule has 2 aromatic heterocycles. The average molecular weight is 310 g/mol. The number of anilines is 1. The van der Waals surface area contributed by atoms with Crippen LogP contribution in [-0.4, -0.2) is 54.0 Å². The van der Waals surface area contributed by atoms with Crippen LogP contribution in [0.2, 0.25) is 5.28 Å². The molecule has 21 heavy (non-hydrogen) atoms. The van der Waals surface area contributed by atoms with Crippen molar-refractivity contribution in [2.45, 2.75) is 31.7 Å². The maximum absolute atomic E-state index is 9.31. The maximum atomic E-state index is 9.31. The molecule has 3 rings (SSSR count). The molecular formula is C12H16ClN7O. The van der Waals surface area contributed by atoms with Crippen molar-refractivity contribution in [1.29, 1.82) is 0 Å². The highest BCUT2D eigenvalue weighted by molar-refractivity contribution is 6.28. The number of aliphatic hydroxyl groups excluding tert-OH is 1. The van der Waals surface area contributed by atoms with Crippen LogP contribution in [0.3, 0.4) is 0 Å². The van der Waals surface area contributed by atoms with Crippen LogP contribution in [0.25, 0.3) is 5.95 Å². The summed E-state index contributed by atoms with van der Waals surface area (Å²) in [6.45, 7) is 0.514. The minimum atomic E-state index is 0.0401. The molecule has 2 aromatic rings. The zero-order chi connectivity index (χ0) is 14.7. The predicted molar refractivity (Wildman–Crippen MR) is 76.4 cm³/mol. The van der Waals surface area contributed by atoms with Crippen molar-refractivity contribution in [3.8, 4) is 5.95 Å². The fourth-order valence-corrected chi connectivity index (χ4v) is 2.79. The smallest absolute Gasteiger partial charge is 0.258 e. The van der Waals surface area contributed by atoms with Crippen LogP contribution in [0.1, 0.15) is 25.7 Å². The zero-order valence-electron chi connectivity index (χ0n) is 11.4. The molecule has 0 bridgehead atoms. The van der Waals surface area contributed by atoms with Gasteiger partial charge >= 0.3 is 0 Å². The molecule has 1 aliphatic carbocycles. The van der Waals surface area contributed by atoms with E-state index in [4.69, 9.17) is 11.6 Å². The van der Waals surface area contributed by atoms with Crippen molar-refractivity contribution in [2.24, 2.45) is 0 Å². The minimum Gasteiger partial charge on any atom is -0.395 e. The van der Waals surface area contributed by atoms with Gasteiger partial charge in [0.25, 0.3) is 5.95 Å². The van der Waals surface area contributed by atoms with Crippen LogP contribution in [0.15, 0.2) is 12.7 Å². The van der Waals surface area contributed by atoms with Gasteiger partial charge in [-0.25, -0.2) is 4.98 Å². The van der Waals surface area contributed by atoms with Gasteiger partial charge < -0.3 is 10.0 Å². The van der Waals surface area contributed by atoms with E-state index in [1.54, 1.807) is 0 Å². The van der Waals surface area contributed by atoms with E-state index in [-0.39, 0.29) is 11.9 Å². The molecule has 9 heteroatoms. The van der Waals surface area contributed by atoms with E-state index in [0.717, 1.165) is 12.8 Å². The van der Waals surface area contributed by atoms with Crippen molar-refractivity contribution in [3.63, 3.8) is 0 Å². The average Bonchev–Trinajstić information content (AvgIpc) is 3.16. The van der Waals surface area contributed by atoms with Crippen LogP contribution in [-0.2, 0) is 0 Å². The minimum absolute atomic E-state index is 0.0401. The SMILES string of the molecule is OCCN(c1nc(Cl)nc(-n2cncn2)n1)C1CCCC1. The van der Waals surface area contributed by atoms with E-state index in [1.807, 2.05) is 4.90 Å². The second kappa shape index (κ2) is 6.31. The Morgan fingerprint density at radius 2 is 2.10 bits per heavy atom. The largest absolute Gasteiger partial charge is 0.395 e. The maximum Gasteiger partial charge on any atom is 0.258 e. The Balaban J connectivity index is 1.95. The molecule has 0 amide bonds. The summed E-state index contributed by atoms with van der Waals surface area (Å²) < 4.78 is 1.43.